The number of rotatable bonds is 5. The minimum absolute atomic E-state index is 0.00346. The fraction of sp³-hybridized carbons (Fsp3) is 0.300. The van der Waals surface area contributed by atoms with E-state index in [1.807, 2.05) is 30.3 Å². The number of halogens is 1. The van der Waals surface area contributed by atoms with Crippen LogP contribution in [-0.2, 0) is 4.79 Å². The second-order valence-electron chi connectivity index (χ2n) is 2.83. The Morgan fingerprint density at radius 2 is 2.07 bits per heavy atom. The number of carbonyl (C=O) groups is 1. The molecule has 1 atom stereocenters. The molecule has 2 N–H and O–H groups in total. The average Bonchev–Trinajstić information content (AvgIpc) is 2.26. The minimum atomic E-state index is -0.460. The molecule has 1 rings (SSSR count). The van der Waals surface area contributed by atoms with Crippen LogP contribution < -0.4 is 5.73 Å². The zero-order valence-corrected chi connectivity index (χ0v) is 9.22. The Labute approximate surface area is 92.8 Å². The second kappa shape index (κ2) is 6.06. The van der Waals surface area contributed by atoms with Crippen LogP contribution >= 0.6 is 23.4 Å². The van der Waals surface area contributed by atoms with Crippen molar-refractivity contribution < 1.29 is 4.79 Å². The third-order valence-corrected chi connectivity index (χ3v) is 3.11. The fourth-order valence-corrected chi connectivity index (χ4v) is 2.00. The minimum Gasteiger partial charge on any atom is -0.321 e. The van der Waals surface area contributed by atoms with Crippen molar-refractivity contribution in [2.24, 2.45) is 5.73 Å². The molecule has 0 aliphatic heterocycles. The molecule has 1 aromatic carbocycles. The number of benzene rings is 1. The number of hydrogen-bond donors (Lipinski definition) is 1. The first-order valence-electron chi connectivity index (χ1n) is 4.26. The van der Waals surface area contributed by atoms with Crippen LogP contribution in [0.25, 0.3) is 0 Å². The molecule has 0 bridgehead atoms. The molecule has 0 aromatic heterocycles. The standard InChI is InChI=1S/C10H12ClNOS/c11-6-10(13)9(12)7-14-8-4-2-1-3-5-8/h1-5,9H,6-7,12H2/t9-/m0/s1. The van der Waals surface area contributed by atoms with Gasteiger partial charge in [-0.15, -0.1) is 23.4 Å². The van der Waals surface area contributed by atoms with Crippen LogP contribution in [0.2, 0.25) is 0 Å². The van der Waals surface area contributed by atoms with E-state index < -0.39 is 6.04 Å². The highest BCUT2D eigenvalue weighted by molar-refractivity contribution is 7.99. The first-order chi connectivity index (χ1) is 6.74. The van der Waals surface area contributed by atoms with E-state index in [1.165, 1.54) is 0 Å². The van der Waals surface area contributed by atoms with Gasteiger partial charge in [-0.05, 0) is 12.1 Å². The van der Waals surface area contributed by atoms with Crippen LogP contribution in [0.15, 0.2) is 35.2 Å². The molecular formula is C10H12ClNOS. The second-order valence-corrected chi connectivity index (χ2v) is 4.19. The molecule has 0 radical (unpaired) electrons. The molecule has 14 heavy (non-hydrogen) atoms. The summed E-state index contributed by atoms with van der Waals surface area (Å²) in [7, 11) is 0. The van der Waals surface area contributed by atoms with E-state index in [0.717, 1.165) is 4.90 Å². The summed E-state index contributed by atoms with van der Waals surface area (Å²) in [6.07, 6.45) is 0. The highest BCUT2D eigenvalue weighted by Crippen LogP contribution is 2.17. The van der Waals surface area contributed by atoms with E-state index >= 15 is 0 Å². The lowest BCUT2D eigenvalue weighted by Gasteiger charge is -2.07. The third-order valence-electron chi connectivity index (χ3n) is 1.72. The monoisotopic (exact) mass is 229 g/mol. The molecule has 0 saturated heterocycles. The topological polar surface area (TPSA) is 43.1 Å². The summed E-state index contributed by atoms with van der Waals surface area (Å²) in [6, 6.07) is 9.38. The first-order valence-corrected chi connectivity index (χ1v) is 5.78. The summed E-state index contributed by atoms with van der Waals surface area (Å²) in [5, 5.41) is 0. The molecule has 0 unspecified atom stereocenters. The molecule has 0 aliphatic carbocycles. The highest BCUT2D eigenvalue weighted by Gasteiger charge is 2.11. The summed E-state index contributed by atoms with van der Waals surface area (Å²) < 4.78 is 0. The zero-order valence-electron chi connectivity index (χ0n) is 7.65. The molecule has 0 heterocycles. The molecule has 76 valence electrons. The van der Waals surface area contributed by atoms with E-state index in [2.05, 4.69) is 0 Å². The summed E-state index contributed by atoms with van der Waals surface area (Å²) in [6.45, 7) is 0. The number of alkyl halides is 1. The lowest BCUT2D eigenvalue weighted by Crippen LogP contribution is -2.33. The van der Waals surface area contributed by atoms with Crippen molar-refractivity contribution in [2.45, 2.75) is 10.9 Å². The van der Waals surface area contributed by atoms with Crippen LogP contribution in [0.5, 0.6) is 0 Å². The molecule has 0 fully saturated rings. The quantitative estimate of drug-likeness (QED) is 0.620. The van der Waals surface area contributed by atoms with Gasteiger partial charge in [-0.1, -0.05) is 18.2 Å². The van der Waals surface area contributed by atoms with Gasteiger partial charge in [0, 0.05) is 10.6 Å². The van der Waals surface area contributed by atoms with Crippen LogP contribution in [0.3, 0.4) is 0 Å². The first kappa shape index (κ1) is 11.6. The van der Waals surface area contributed by atoms with Gasteiger partial charge in [0.25, 0.3) is 0 Å². The number of nitrogens with two attached hydrogens (primary N) is 1. The van der Waals surface area contributed by atoms with Crippen molar-refractivity contribution in [3.8, 4) is 0 Å². The Balaban J connectivity index is 2.38. The highest BCUT2D eigenvalue weighted by atomic mass is 35.5. The largest absolute Gasteiger partial charge is 0.321 e. The molecule has 0 saturated carbocycles. The molecular weight excluding hydrogens is 218 g/mol. The Hall–Kier alpha value is -0.510. The number of carbonyl (C=O) groups excluding carboxylic acids is 1. The molecule has 4 heteroatoms. The SMILES string of the molecule is N[C@@H](CSc1ccccc1)C(=O)CCl. The smallest absolute Gasteiger partial charge is 0.165 e. The Bertz CT molecular complexity index is 291. The molecule has 0 aliphatic rings. The lowest BCUT2D eigenvalue weighted by molar-refractivity contribution is -0.117. The van der Waals surface area contributed by atoms with Gasteiger partial charge < -0.3 is 5.73 Å². The summed E-state index contributed by atoms with van der Waals surface area (Å²) >= 11 is 6.96. The van der Waals surface area contributed by atoms with E-state index in [0.29, 0.717) is 5.75 Å². The van der Waals surface area contributed by atoms with Gasteiger partial charge in [0.05, 0.1) is 11.9 Å². The van der Waals surface area contributed by atoms with Crippen molar-refractivity contribution in [1.29, 1.82) is 0 Å². The molecule has 1 aromatic rings. The predicted molar refractivity (Wildman–Crippen MR) is 60.9 cm³/mol. The van der Waals surface area contributed by atoms with Gasteiger partial charge in [-0.2, -0.15) is 0 Å². The van der Waals surface area contributed by atoms with E-state index in [4.69, 9.17) is 17.3 Å². The summed E-state index contributed by atoms with van der Waals surface area (Å²) in [5.74, 6) is 0.474. The summed E-state index contributed by atoms with van der Waals surface area (Å²) in [4.78, 5) is 12.2. The Kier molecular flexibility index (Phi) is 5.01. The Morgan fingerprint density at radius 3 is 2.64 bits per heavy atom. The van der Waals surface area contributed by atoms with Crippen LogP contribution in [0, 0.1) is 0 Å². The maximum absolute atomic E-state index is 11.1. The normalized spacial score (nSPS) is 12.4. The van der Waals surface area contributed by atoms with Gasteiger partial charge in [-0.3, -0.25) is 4.79 Å². The fourth-order valence-electron chi connectivity index (χ4n) is 0.895. The van der Waals surface area contributed by atoms with Gasteiger partial charge >= 0.3 is 0 Å². The molecule has 2 nitrogen and oxygen atoms in total. The van der Waals surface area contributed by atoms with Gasteiger partial charge in [0.1, 0.15) is 0 Å². The number of Topliss-reactive ketones (excluding diaryl/α,β-unsaturated/α-hetero) is 1. The average molecular weight is 230 g/mol. The van der Waals surface area contributed by atoms with E-state index in [-0.39, 0.29) is 11.7 Å². The van der Waals surface area contributed by atoms with Crippen molar-refractivity contribution >= 4 is 29.1 Å². The molecule has 0 amide bonds. The van der Waals surface area contributed by atoms with Crippen molar-refractivity contribution in [3.05, 3.63) is 30.3 Å². The van der Waals surface area contributed by atoms with Crippen LogP contribution in [-0.4, -0.2) is 23.5 Å². The zero-order chi connectivity index (χ0) is 10.4. The van der Waals surface area contributed by atoms with Gasteiger partial charge in [-0.25, -0.2) is 0 Å². The van der Waals surface area contributed by atoms with E-state index in [1.54, 1.807) is 11.8 Å². The van der Waals surface area contributed by atoms with Crippen molar-refractivity contribution in [3.63, 3.8) is 0 Å². The van der Waals surface area contributed by atoms with Crippen molar-refractivity contribution in [1.82, 2.24) is 0 Å². The maximum Gasteiger partial charge on any atom is 0.165 e. The lowest BCUT2D eigenvalue weighted by atomic mass is 10.2. The number of thioether (sulfide) groups is 1. The van der Waals surface area contributed by atoms with Gasteiger partial charge in [0.15, 0.2) is 5.78 Å². The van der Waals surface area contributed by atoms with Crippen LogP contribution in [0.1, 0.15) is 0 Å². The van der Waals surface area contributed by atoms with Gasteiger partial charge in [0.2, 0.25) is 0 Å². The van der Waals surface area contributed by atoms with E-state index in [9.17, 15) is 4.79 Å². The Morgan fingerprint density at radius 1 is 1.43 bits per heavy atom. The van der Waals surface area contributed by atoms with Crippen LogP contribution in [0.4, 0.5) is 0 Å². The van der Waals surface area contributed by atoms with Crippen molar-refractivity contribution in [2.75, 3.05) is 11.6 Å². The molecule has 0 spiro atoms. The number of ketones is 1. The third kappa shape index (κ3) is 3.70. The summed E-state index contributed by atoms with van der Waals surface area (Å²) in [5.41, 5.74) is 5.62. The maximum atomic E-state index is 11.1. The number of hydrogen-bond acceptors (Lipinski definition) is 3. The predicted octanol–water partition coefficient (Wildman–Crippen LogP) is 1.91.